The number of allylic oxidation sites excluding steroid dienone is 2. The van der Waals surface area contributed by atoms with Crippen LogP contribution in [0.25, 0.3) is 0 Å². The van der Waals surface area contributed by atoms with Crippen LogP contribution < -0.4 is 0 Å². The third-order valence-electron chi connectivity index (χ3n) is 5.68. The lowest BCUT2D eigenvalue weighted by Gasteiger charge is -2.35. The molecular weight excluding hydrogens is 320 g/mol. The Kier molecular flexibility index (Phi) is 6.13. The molecule has 5 heteroatoms. The van der Waals surface area contributed by atoms with Gasteiger partial charge in [0.05, 0.1) is 11.7 Å². The molecule has 0 aromatic carbocycles. The molecule has 0 fully saturated rings. The van der Waals surface area contributed by atoms with E-state index in [1.807, 2.05) is 19.9 Å². The predicted molar refractivity (Wildman–Crippen MR) is 95.8 cm³/mol. The summed E-state index contributed by atoms with van der Waals surface area (Å²) < 4.78 is 5.66. The van der Waals surface area contributed by atoms with Gasteiger partial charge in [-0.2, -0.15) is 0 Å². The lowest BCUT2D eigenvalue weighted by atomic mass is 9.84. The van der Waals surface area contributed by atoms with Gasteiger partial charge in [0.25, 0.3) is 0 Å². The zero-order chi connectivity index (χ0) is 18.8. The number of aliphatic hydroxyl groups excluding tert-OH is 2. The Morgan fingerprint density at radius 1 is 1.20 bits per heavy atom. The fraction of sp³-hybridized carbons (Fsp3) is 0.750. The third kappa shape index (κ3) is 4.72. The van der Waals surface area contributed by atoms with Gasteiger partial charge < -0.3 is 20.1 Å². The van der Waals surface area contributed by atoms with E-state index in [9.17, 15) is 20.1 Å². The first-order valence-electron chi connectivity index (χ1n) is 9.26. The van der Waals surface area contributed by atoms with Crippen molar-refractivity contribution < 1.29 is 24.9 Å². The second-order valence-electron chi connectivity index (χ2n) is 8.22. The molecule has 142 valence electrons. The van der Waals surface area contributed by atoms with Crippen molar-refractivity contribution in [2.75, 3.05) is 0 Å². The van der Waals surface area contributed by atoms with Gasteiger partial charge in [-0.15, -0.1) is 0 Å². The first-order valence-corrected chi connectivity index (χ1v) is 9.26. The van der Waals surface area contributed by atoms with Gasteiger partial charge in [-0.05, 0) is 58.3 Å². The highest BCUT2D eigenvalue weighted by molar-refractivity contribution is 5.89. The number of rotatable bonds is 1. The Labute approximate surface area is 150 Å². The normalized spacial score (nSPS) is 38.0. The highest BCUT2D eigenvalue weighted by Crippen LogP contribution is 2.34. The van der Waals surface area contributed by atoms with Crippen LogP contribution in [0, 0.1) is 5.92 Å². The summed E-state index contributed by atoms with van der Waals surface area (Å²) in [6, 6.07) is 0. The second-order valence-corrected chi connectivity index (χ2v) is 8.22. The fourth-order valence-electron chi connectivity index (χ4n) is 3.49. The van der Waals surface area contributed by atoms with Gasteiger partial charge in [0, 0.05) is 5.57 Å². The van der Waals surface area contributed by atoms with Gasteiger partial charge in [-0.25, -0.2) is 4.79 Å². The van der Waals surface area contributed by atoms with Crippen molar-refractivity contribution in [3.05, 3.63) is 23.3 Å². The molecule has 2 aliphatic heterocycles. The molecule has 25 heavy (non-hydrogen) atoms. The van der Waals surface area contributed by atoms with E-state index in [1.165, 1.54) is 0 Å². The van der Waals surface area contributed by atoms with E-state index in [0.29, 0.717) is 31.3 Å². The molecule has 0 amide bonds. The van der Waals surface area contributed by atoms with Crippen LogP contribution in [0.5, 0.6) is 0 Å². The maximum absolute atomic E-state index is 12.5. The second kappa shape index (κ2) is 7.60. The molecule has 0 saturated heterocycles. The molecule has 4 atom stereocenters. The molecule has 2 aliphatic rings. The lowest BCUT2D eigenvalue weighted by Crippen LogP contribution is -2.45. The number of esters is 1. The summed E-state index contributed by atoms with van der Waals surface area (Å²) in [4.78, 5) is 12.5. The summed E-state index contributed by atoms with van der Waals surface area (Å²) in [7, 11) is 0. The Balaban J connectivity index is 2.38. The van der Waals surface area contributed by atoms with Gasteiger partial charge >= 0.3 is 5.97 Å². The molecule has 2 bridgehead atoms. The average Bonchev–Trinajstić information content (AvgIpc) is 2.66. The summed E-state index contributed by atoms with van der Waals surface area (Å²) in [6.07, 6.45) is 4.55. The van der Waals surface area contributed by atoms with E-state index in [0.717, 1.165) is 5.57 Å². The molecule has 0 aliphatic carbocycles. The van der Waals surface area contributed by atoms with E-state index in [-0.39, 0.29) is 24.7 Å². The molecule has 0 aromatic heterocycles. The van der Waals surface area contributed by atoms with Crippen molar-refractivity contribution in [1.29, 1.82) is 0 Å². The number of carbonyl (C=O) groups is 1. The Morgan fingerprint density at radius 3 is 2.52 bits per heavy atom. The van der Waals surface area contributed by atoms with Gasteiger partial charge in [0.1, 0.15) is 11.7 Å². The van der Waals surface area contributed by atoms with Crippen molar-refractivity contribution in [3.63, 3.8) is 0 Å². The summed E-state index contributed by atoms with van der Waals surface area (Å²) in [5.74, 6) is -0.164. The maximum Gasteiger partial charge on any atom is 0.334 e. The number of hydrogen-bond acceptors (Lipinski definition) is 5. The topological polar surface area (TPSA) is 87.0 Å². The van der Waals surface area contributed by atoms with Gasteiger partial charge in [-0.3, -0.25) is 0 Å². The zero-order valence-electron chi connectivity index (χ0n) is 15.8. The van der Waals surface area contributed by atoms with Crippen molar-refractivity contribution in [2.45, 2.75) is 89.6 Å². The van der Waals surface area contributed by atoms with Crippen LogP contribution in [-0.2, 0) is 9.53 Å². The minimum absolute atomic E-state index is 0.203. The number of fused-ring (bicyclic) bond motifs is 3. The van der Waals surface area contributed by atoms with Crippen LogP contribution >= 0.6 is 0 Å². The Hall–Kier alpha value is -1.17. The van der Waals surface area contributed by atoms with E-state index >= 15 is 0 Å². The molecular formula is C20H32O5. The fourth-order valence-corrected chi connectivity index (χ4v) is 3.49. The van der Waals surface area contributed by atoms with E-state index in [2.05, 4.69) is 0 Å². The number of carbonyl (C=O) groups excluding carboxylic acids is 1. The SMILES string of the molecule is CC(C)C1=C[C@@H](O)[C@](C)(O)CC[C@@H](O)[C@]2(C)CCC=C(CC1)C(=O)O2. The van der Waals surface area contributed by atoms with E-state index < -0.39 is 23.4 Å². The largest absolute Gasteiger partial charge is 0.453 e. The van der Waals surface area contributed by atoms with Crippen molar-refractivity contribution in [3.8, 4) is 0 Å². The molecule has 0 spiro atoms. The minimum atomic E-state index is -1.34. The maximum atomic E-state index is 12.5. The number of ether oxygens (including phenoxy) is 1. The van der Waals surface area contributed by atoms with Crippen LogP contribution in [-0.4, -0.2) is 44.7 Å². The molecule has 0 radical (unpaired) electrons. The quantitative estimate of drug-likeness (QED) is 0.499. The van der Waals surface area contributed by atoms with Crippen molar-refractivity contribution in [2.24, 2.45) is 5.92 Å². The van der Waals surface area contributed by atoms with Crippen LogP contribution in [0.1, 0.15) is 66.2 Å². The molecule has 2 rings (SSSR count). The molecule has 0 aromatic rings. The summed E-state index contributed by atoms with van der Waals surface area (Å²) in [6.45, 7) is 7.39. The van der Waals surface area contributed by atoms with Crippen LogP contribution in [0.3, 0.4) is 0 Å². The monoisotopic (exact) mass is 352 g/mol. The number of aliphatic hydroxyl groups is 3. The predicted octanol–water partition coefficient (Wildman–Crippen LogP) is 2.64. The minimum Gasteiger partial charge on any atom is -0.453 e. The molecule has 5 nitrogen and oxygen atoms in total. The molecule has 3 N–H and O–H groups in total. The van der Waals surface area contributed by atoms with Crippen molar-refractivity contribution in [1.82, 2.24) is 0 Å². The van der Waals surface area contributed by atoms with E-state index in [1.54, 1.807) is 19.9 Å². The Bertz CT molecular complexity index is 560. The van der Waals surface area contributed by atoms with Gasteiger partial charge in [-0.1, -0.05) is 31.6 Å². The third-order valence-corrected chi connectivity index (χ3v) is 5.68. The molecule has 2 heterocycles. The summed E-state index contributed by atoms with van der Waals surface area (Å²) in [5.41, 5.74) is -0.682. The smallest absolute Gasteiger partial charge is 0.334 e. The number of hydrogen-bond donors (Lipinski definition) is 3. The Morgan fingerprint density at radius 2 is 1.88 bits per heavy atom. The van der Waals surface area contributed by atoms with E-state index in [4.69, 9.17) is 4.74 Å². The standard InChI is InChI=1S/C20H32O5/c1-13(2)15-8-7-14-6-5-10-20(4,25-18(14)23)16(21)9-11-19(3,24)17(22)12-15/h6,12-13,16-17,21-22,24H,5,7-11H2,1-4H3/t16-,17-,19-,20+/m1/s1. The van der Waals surface area contributed by atoms with Crippen LogP contribution in [0.15, 0.2) is 23.3 Å². The lowest BCUT2D eigenvalue weighted by molar-refractivity contribution is -0.168. The van der Waals surface area contributed by atoms with Gasteiger partial charge in [0.15, 0.2) is 0 Å². The van der Waals surface area contributed by atoms with Gasteiger partial charge in [0.2, 0.25) is 0 Å². The first kappa shape index (κ1) is 20.1. The average molecular weight is 352 g/mol. The molecule has 0 unspecified atom stereocenters. The first-order chi connectivity index (χ1) is 11.5. The summed E-state index contributed by atoms with van der Waals surface area (Å²) >= 11 is 0. The highest BCUT2D eigenvalue weighted by atomic mass is 16.6. The van der Waals surface area contributed by atoms with Crippen molar-refractivity contribution >= 4 is 5.97 Å². The summed E-state index contributed by atoms with van der Waals surface area (Å²) in [5, 5.41) is 31.7. The highest BCUT2D eigenvalue weighted by Gasteiger charge is 2.40. The molecule has 0 saturated carbocycles. The van der Waals surface area contributed by atoms with Crippen LogP contribution in [0.2, 0.25) is 0 Å². The zero-order valence-corrected chi connectivity index (χ0v) is 15.8. The van der Waals surface area contributed by atoms with Crippen LogP contribution in [0.4, 0.5) is 0 Å².